The zero-order valence-corrected chi connectivity index (χ0v) is 27.8. The number of aliphatic hydroxyl groups is 1. The number of rotatable bonds is 11. The molecule has 1 fully saturated rings. The van der Waals surface area contributed by atoms with Crippen molar-refractivity contribution in [2.75, 3.05) is 0 Å². The van der Waals surface area contributed by atoms with Crippen molar-refractivity contribution in [2.45, 2.75) is 110 Å². The molecule has 3 aromatic heterocycles. The second-order valence-corrected chi connectivity index (χ2v) is 13.2. The van der Waals surface area contributed by atoms with E-state index in [9.17, 15) is 14.7 Å². The van der Waals surface area contributed by atoms with Gasteiger partial charge in [-0.05, 0) is 76.0 Å². The summed E-state index contributed by atoms with van der Waals surface area (Å²) in [5.74, 6) is 1.01. The molecule has 1 unspecified atom stereocenters. The van der Waals surface area contributed by atoms with Crippen molar-refractivity contribution in [1.82, 2.24) is 29.3 Å². The number of aromatic nitrogens is 6. The SMILES string of the molecule is CCCc1c(Cc2ccc(-c3ccccc3-c3noc(=O)[nH]3)cc2)c(=O)n(C2CCC(OC(CC)C(C)(C)O)CC2)c2nc(C)nn12.[KH]. The summed E-state index contributed by atoms with van der Waals surface area (Å²) in [6.07, 6.45) is 5.77. The Morgan fingerprint density at radius 2 is 1.73 bits per heavy atom. The summed E-state index contributed by atoms with van der Waals surface area (Å²) in [5.41, 5.74) is 4.36. The molecule has 0 saturated heterocycles. The third kappa shape index (κ3) is 7.70. The van der Waals surface area contributed by atoms with Crippen LogP contribution in [0.4, 0.5) is 0 Å². The Morgan fingerprint density at radius 1 is 1.04 bits per heavy atom. The van der Waals surface area contributed by atoms with Crippen LogP contribution in [0.15, 0.2) is 62.6 Å². The van der Waals surface area contributed by atoms with Crippen molar-refractivity contribution < 1.29 is 14.4 Å². The number of nitrogens with zero attached hydrogens (tertiary/aromatic N) is 5. The molecule has 250 valence electrons. The fourth-order valence-corrected chi connectivity index (χ4v) is 6.96. The van der Waals surface area contributed by atoms with Crippen molar-refractivity contribution in [3.63, 3.8) is 0 Å². The van der Waals surface area contributed by atoms with Crippen LogP contribution in [0.3, 0.4) is 0 Å². The molecule has 3 heterocycles. The van der Waals surface area contributed by atoms with Gasteiger partial charge in [0.2, 0.25) is 5.78 Å². The maximum atomic E-state index is 14.5. The van der Waals surface area contributed by atoms with Crippen LogP contribution in [0.2, 0.25) is 0 Å². The van der Waals surface area contributed by atoms with Gasteiger partial charge in [-0.1, -0.05) is 74.0 Å². The van der Waals surface area contributed by atoms with Crippen LogP contribution in [0.25, 0.3) is 28.3 Å². The Morgan fingerprint density at radius 3 is 2.33 bits per heavy atom. The summed E-state index contributed by atoms with van der Waals surface area (Å²) in [7, 11) is 0. The molecule has 0 bridgehead atoms. The number of ether oxygens (including phenoxy) is 1. The van der Waals surface area contributed by atoms with Crippen LogP contribution in [-0.2, 0) is 17.6 Å². The Bertz CT molecular complexity index is 1960. The molecule has 12 heteroatoms. The van der Waals surface area contributed by atoms with E-state index in [0.29, 0.717) is 30.3 Å². The van der Waals surface area contributed by atoms with E-state index in [4.69, 9.17) is 19.3 Å². The van der Waals surface area contributed by atoms with E-state index >= 15 is 0 Å². The molecule has 1 atom stereocenters. The zero-order valence-electron chi connectivity index (χ0n) is 27.8. The van der Waals surface area contributed by atoms with E-state index in [1.807, 2.05) is 71.5 Å². The first-order valence-corrected chi connectivity index (χ1v) is 16.7. The quantitative estimate of drug-likeness (QED) is 0.183. The zero-order chi connectivity index (χ0) is 33.3. The van der Waals surface area contributed by atoms with Crippen LogP contribution in [-0.4, -0.2) is 104 Å². The number of benzene rings is 2. The van der Waals surface area contributed by atoms with Crippen LogP contribution in [0.5, 0.6) is 0 Å². The van der Waals surface area contributed by atoms with Crippen molar-refractivity contribution in [2.24, 2.45) is 0 Å². The van der Waals surface area contributed by atoms with Gasteiger partial charge in [-0.25, -0.2) is 9.31 Å². The molecule has 11 nitrogen and oxygen atoms in total. The Balaban J connectivity index is 0.00000451. The van der Waals surface area contributed by atoms with Gasteiger partial charge in [0.25, 0.3) is 5.56 Å². The average molecular weight is 681 g/mol. The first kappa shape index (κ1) is 36.6. The van der Waals surface area contributed by atoms with Crippen LogP contribution in [0.1, 0.15) is 94.9 Å². The number of fused-ring (bicyclic) bond motifs is 1. The fraction of sp³-hybridized carbons (Fsp3) is 0.472. The maximum absolute atomic E-state index is 14.5. The van der Waals surface area contributed by atoms with Gasteiger partial charge >= 0.3 is 57.1 Å². The molecule has 2 N–H and O–H groups in total. The monoisotopic (exact) mass is 680 g/mol. The molecule has 5 aromatic rings. The van der Waals surface area contributed by atoms with Crippen molar-refractivity contribution in [3.8, 4) is 22.5 Å². The minimum atomic E-state index is -0.906. The predicted octanol–water partition coefficient (Wildman–Crippen LogP) is 5.15. The van der Waals surface area contributed by atoms with Gasteiger partial charge in [0.1, 0.15) is 5.82 Å². The average Bonchev–Trinajstić information content (AvgIpc) is 3.67. The summed E-state index contributed by atoms with van der Waals surface area (Å²) in [6, 6.07) is 15.8. The number of H-pyrrole nitrogens is 1. The summed E-state index contributed by atoms with van der Waals surface area (Å²) >= 11 is 0. The van der Waals surface area contributed by atoms with Gasteiger partial charge in [0.05, 0.1) is 23.5 Å². The van der Waals surface area contributed by atoms with Crippen LogP contribution in [0, 0.1) is 6.92 Å². The summed E-state index contributed by atoms with van der Waals surface area (Å²) in [4.78, 5) is 33.5. The number of hydrogen-bond donors (Lipinski definition) is 2. The third-order valence-electron chi connectivity index (χ3n) is 9.27. The third-order valence-corrected chi connectivity index (χ3v) is 9.27. The predicted molar refractivity (Wildman–Crippen MR) is 187 cm³/mol. The Labute approximate surface area is 322 Å². The second-order valence-electron chi connectivity index (χ2n) is 13.2. The Kier molecular flexibility index (Phi) is 11.8. The van der Waals surface area contributed by atoms with Gasteiger partial charge < -0.3 is 9.84 Å². The van der Waals surface area contributed by atoms with Crippen LogP contribution < -0.4 is 11.3 Å². The molecule has 6 rings (SSSR count). The number of nitrogens with one attached hydrogen (secondary N) is 1. The van der Waals surface area contributed by atoms with Gasteiger partial charge in [0.15, 0.2) is 5.82 Å². The summed E-state index contributed by atoms with van der Waals surface area (Å²) in [5, 5.41) is 19.2. The Hall–Kier alpha value is -2.71. The molecule has 1 aliphatic rings. The van der Waals surface area contributed by atoms with E-state index in [1.54, 1.807) is 13.8 Å². The molecule has 48 heavy (non-hydrogen) atoms. The standard InChI is InChI=1S/C36H44N6O5.K.H/c1-6-10-30-29(21-23-13-15-24(16-14-23)27-11-8-9-12-28(27)32-38-35(44)47-40-32)33(43)41(34-37-22(3)39-42(30)34)25-17-19-26(20-18-25)46-31(7-2)36(4,5)45;;/h8-9,11-16,25-26,31,45H,6-7,10,17-21H2,1-5H3,(H,38,40,44);;. The molecule has 2 aromatic carbocycles. The normalized spacial score (nSPS) is 17.4. The molecular formula is C36H45KN6O5. The van der Waals surface area contributed by atoms with E-state index in [-0.39, 0.29) is 75.2 Å². The number of aromatic amines is 1. The molecule has 1 saturated carbocycles. The van der Waals surface area contributed by atoms with Gasteiger partial charge in [-0.3, -0.25) is 18.9 Å². The number of aryl methyl sites for hydroxylation is 2. The van der Waals surface area contributed by atoms with Crippen molar-refractivity contribution in [1.29, 1.82) is 0 Å². The fourth-order valence-electron chi connectivity index (χ4n) is 6.96. The topological polar surface area (TPSA) is 141 Å². The first-order chi connectivity index (χ1) is 22.6. The number of hydrogen-bond acceptors (Lipinski definition) is 8. The van der Waals surface area contributed by atoms with Crippen molar-refractivity contribution in [3.05, 3.63) is 92.1 Å². The summed E-state index contributed by atoms with van der Waals surface area (Å²) < 4.78 is 14.9. The van der Waals surface area contributed by atoms with Gasteiger partial charge in [0, 0.05) is 23.6 Å². The van der Waals surface area contributed by atoms with E-state index in [1.165, 1.54) is 0 Å². The molecule has 0 aliphatic heterocycles. The molecular weight excluding hydrogens is 636 g/mol. The van der Waals surface area contributed by atoms with E-state index < -0.39 is 11.4 Å². The summed E-state index contributed by atoms with van der Waals surface area (Å²) in [6.45, 7) is 9.60. The minimum absolute atomic E-state index is 0. The second kappa shape index (κ2) is 15.4. The van der Waals surface area contributed by atoms with Gasteiger partial charge in [-0.15, -0.1) is 0 Å². The molecule has 1 aliphatic carbocycles. The van der Waals surface area contributed by atoms with E-state index in [0.717, 1.165) is 72.0 Å². The van der Waals surface area contributed by atoms with E-state index in [2.05, 4.69) is 17.1 Å². The van der Waals surface area contributed by atoms with Gasteiger partial charge in [-0.2, -0.15) is 10.1 Å². The molecule has 0 spiro atoms. The molecule has 0 amide bonds. The first-order valence-electron chi connectivity index (χ1n) is 16.7. The molecule has 0 radical (unpaired) electrons. The van der Waals surface area contributed by atoms with Crippen molar-refractivity contribution >= 4 is 57.2 Å². The van der Waals surface area contributed by atoms with Crippen LogP contribution >= 0.6 is 0 Å².